The van der Waals surface area contributed by atoms with E-state index in [0.29, 0.717) is 17.2 Å². The maximum absolute atomic E-state index is 12.8. The summed E-state index contributed by atoms with van der Waals surface area (Å²) in [6, 6.07) is 7.96. The van der Waals surface area contributed by atoms with Crippen molar-refractivity contribution in [3.8, 4) is 0 Å². The van der Waals surface area contributed by atoms with E-state index in [1.54, 1.807) is 4.72 Å². The Morgan fingerprint density at radius 2 is 1.47 bits per heavy atom. The zero-order chi connectivity index (χ0) is 23.9. The van der Waals surface area contributed by atoms with Crippen molar-refractivity contribution in [2.24, 2.45) is 0 Å². The number of thiophene rings is 1. The summed E-state index contributed by atoms with van der Waals surface area (Å²) in [4.78, 5) is 11.6. The molecule has 1 N–H and O–H groups in total. The van der Waals surface area contributed by atoms with Gasteiger partial charge in [0.25, 0.3) is 15.9 Å². The minimum Gasteiger partial charge on any atom is -0.267 e. The SMILES string of the molecule is Cc1c(S(=O)(=O)c2ccc(Cl)cc2)csc1C(=O)NS(=O)(=O)c1ccc(C(F)(F)F)cc1. The van der Waals surface area contributed by atoms with Crippen LogP contribution in [0, 0.1) is 6.92 Å². The molecule has 1 aromatic heterocycles. The number of benzene rings is 2. The topological polar surface area (TPSA) is 97.4 Å². The summed E-state index contributed by atoms with van der Waals surface area (Å²) in [5.74, 6) is -1.11. The number of alkyl halides is 3. The Morgan fingerprint density at radius 3 is 2.00 bits per heavy atom. The van der Waals surface area contributed by atoms with Gasteiger partial charge in [-0.3, -0.25) is 4.79 Å². The first-order chi connectivity index (χ1) is 14.7. The number of hydrogen-bond donors (Lipinski definition) is 1. The molecule has 3 aromatic rings. The lowest BCUT2D eigenvalue weighted by Crippen LogP contribution is -2.30. The van der Waals surface area contributed by atoms with Gasteiger partial charge in [-0.2, -0.15) is 13.2 Å². The molecule has 0 saturated heterocycles. The molecule has 0 radical (unpaired) electrons. The fourth-order valence-corrected chi connectivity index (χ4v) is 6.65. The Hall–Kier alpha value is -2.41. The number of halogens is 4. The van der Waals surface area contributed by atoms with E-state index in [4.69, 9.17) is 11.6 Å². The maximum Gasteiger partial charge on any atom is 0.416 e. The lowest BCUT2D eigenvalue weighted by atomic mass is 10.2. The van der Waals surface area contributed by atoms with Gasteiger partial charge in [0.15, 0.2) is 0 Å². The third-order valence-electron chi connectivity index (χ3n) is 4.33. The van der Waals surface area contributed by atoms with Crippen LogP contribution < -0.4 is 4.72 Å². The Balaban J connectivity index is 1.88. The summed E-state index contributed by atoms with van der Waals surface area (Å²) in [7, 11) is -8.49. The van der Waals surface area contributed by atoms with Crippen molar-refractivity contribution in [1.29, 1.82) is 0 Å². The van der Waals surface area contributed by atoms with Crippen LogP contribution in [0.1, 0.15) is 20.8 Å². The molecule has 6 nitrogen and oxygen atoms in total. The third kappa shape index (κ3) is 4.82. The lowest BCUT2D eigenvalue weighted by molar-refractivity contribution is -0.137. The van der Waals surface area contributed by atoms with Crippen molar-refractivity contribution >= 4 is 48.7 Å². The van der Waals surface area contributed by atoms with Crippen LogP contribution in [-0.2, 0) is 26.0 Å². The van der Waals surface area contributed by atoms with E-state index in [1.165, 1.54) is 36.6 Å². The van der Waals surface area contributed by atoms with Gasteiger partial charge in [0.05, 0.1) is 25.1 Å². The molecule has 0 saturated carbocycles. The van der Waals surface area contributed by atoms with Crippen LogP contribution >= 0.6 is 22.9 Å². The molecule has 170 valence electrons. The zero-order valence-corrected chi connectivity index (χ0v) is 19.2. The molecular weight excluding hydrogens is 511 g/mol. The molecule has 0 aliphatic heterocycles. The van der Waals surface area contributed by atoms with Gasteiger partial charge in [-0.1, -0.05) is 11.6 Å². The predicted octanol–water partition coefficient (Wildman–Crippen LogP) is 4.68. The van der Waals surface area contributed by atoms with E-state index >= 15 is 0 Å². The molecule has 1 amide bonds. The van der Waals surface area contributed by atoms with Crippen molar-refractivity contribution in [3.63, 3.8) is 0 Å². The first kappa shape index (κ1) is 24.2. The normalized spacial score (nSPS) is 12.5. The summed E-state index contributed by atoms with van der Waals surface area (Å²) in [5.41, 5.74) is -1.01. The molecule has 3 rings (SSSR count). The zero-order valence-electron chi connectivity index (χ0n) is 16.0. The van der Waals surface area contributed by atoms with Crippen LogP contribution in [-0.4, -0.2) is 22.7 Å². The van der Waals surface area contributed by atoms with Gasteiger partial charge in [-0.05, 0) is 61.0 Å². The number of rotatable bonds is 5. The largest absolute Gasteiger partial charge is 0.416 e. The highest BCUT2D eigenvalue weighted by Gasteiger charge is 2.31. The Labute approximate surface area is 190 Å². The molecule has 0 fully saturated rings. The highest BCUT2D eigenvalue weighted by Crippen LogP contribution is 2.32. The van der Waals surface area contributed by atoms with Crippen molar-refractivity contribution in [2.45, 2.75) is 27.8 Å². The molecule has 1 heterocycles. The maximum atomic E-state index is 12.8. The van der Waals surface area contributed by atoms with Crippen molar-refractivity contribution in [2.75, 3.05) is 0 Å². The number of carbonyl (C=O) groups excluding carboxylic acids is 1. The van der Waals surface area contributed by atoms with Gasteiger partial charge < -0.3 is 0 Å². The van der Waals surface area contributed by atoms with Crippen molar-refractivity contribution < 1.29 is 34.8 Å². The molecule has 2 aromatic carbocycles. The molecular formula is C19H13ClF3NO5S3. The Bertz CT molecular complexity index is 1380. The fraction of sp³-hybridized carbons (Fsp3) is 0.105. The van der Waals surface area contributed by atoms with Crippen LogP contribution in [0.25, 0.3) is 0 Å². The quantitative estimate of drug-likeness (QED) is 0.523. The van der Waals surface area contributed by atoms with E-state index < -0.39 is 42.4 Å². The number of sulfone groups is 1. The highest BCUT2D eigenvalue weighted by molar-refractivity contribution is 7.91. The van der Waals surface area contributed by atoms with Gasteiger partial charge in [-0.15, -0.1) is 11.3 Å². The summed E-state index contributed by atoms with van der Waals surface area (Å²) >= 11 is 6.49. The van der Waals surface area contributed by atoms with Gasteiger partial charge in [0, 0.05) is 10.4 Å². The second-order valence-electron chi connectivity index (χ2n) is 6.47. The monoisotopic (exact) mass is 523 g/mol. The van der Waals surface area contributed by atoms with Crippen LogP contribution in [0.5, 0.6) is 0 Å². The van der Waals surface area contributed by atoms with E-state index in [9.17, 15) is 34.8 Å². The molecule has 0 aliphatic rings. The van der Waals surface area contributed by atoms with Crippen LogP contribution in [0.2, 0.25) is 5.02 Å². The Kier molecular flexibility index (Phi) is 6.44. The second kappa shape index (κ2) is 8.50. The fourth-order valence-electron chi connectivity index (χ4n) is 2.68. The van der Waals surface area contributed by atoms with Gasteiger partial charge in [0.2, 0.25) is 9.84 Å². The van der Waals surface area contributed by atoms with Gasteiger partial charge in [-0.25, -0.2) is 21.6 Å². The number of sulfonamides is 1. The van der Waals surface area contributed by atoms with Crippen molar-refractivity contribution in [3.05, 3.63) is 74.9 Å². The number of nitrogens with one attached hydrogen (secondary N) is 1. The van der Waals surface area contributed by atoms with Crippen LogP contribution in [0.4, 0.5) is 13.2 Å². The number of hydrogen-bond acceptors (Lipinski definition) is 6. The minimum absolute atomic E-state index is 0.0325. The molecule has 0 atom stereocenters. The van der Waals surface area contributed by atoms with Gasteiger partial charge >= 0.3 is 6.18 Å². The molecule has 0 spiro atoms. The van der Waals surface area contributed by atoms with E-state index in [-0.39, 0.29) is 20.2 Å². The molecule has 32 heavy (non-hydrogen) atoms. The van der Waals surface area contributed by atoms with E-state index in [1.807, 2.05) is 0 Å². The minimum atomic E-state index is -4.65. The first-order valence-corrected chi connectivity index (χ1v) is 12.8. The molecule has 0 unspecified atom stereocenters. The van der Waals surface area contributed by atoms with Crippen LogP contribution in [0.3, 0.4) is 0 Å². The molecule has 13 heteroatoms. The first-order valence-electron chi connectivity index (χ1n) is 8.56. The molecule has 0 bridgehead atoms. The lowest BCUT2D eigenvalue weighted by Gasteiger charge is -2.09. The standard InChI is InChI=1S/C19H13ClF3NO5S3/c1-11-16(31(26,27)14-8-4-13(20)5-9-14)10-30-17(11)18(25)24-32(28,29)15-6-2-12(3-7-15)19(21,22)23/h2-10H,1H3,(H,24,25). The Morgan fingerprint density at radius 1 is 0.938 bits per heavy atom. The second-order valence-corrected chi connectivity index (χ2v) is 11.4. The summed E-state index contributed by atoms with van der Waals surface area (Å²) in [6.07, 6.45) is -4.65. The van der Waals surface area contributed by atoms with E-state index in [2.05, 4.69) is 0 Å². The van der Waals surface area contributed by atoms with E-state index in [0.717, 1.165) is 23.5 Å². The number of carbonyl (C=O) groups is 1. The third-order valence-corrected chi connectivity index (χ3v) is 9.06. The predicted molar refractivity (Wildman–Crippen MR) is 112 cm³/mol. The van der Waals surface area contributed by atoms with Crippen LogP contribution in [0.15, 0.2) is 68.6 Å². The van der Waals surface area contributed by atoms with Gasteiger partial charge in [0.1, 0.15) is 0 Å². The summed E-state index contributed by atoms with van der Waals surface area (Å²) < 4.78 is 90.2. The average molecular weight is 524 g/mol. The summed E-state index contributed by atoms with van der Waals surface area (Å²) in [6.45, 7) is 1.35. The highest BCUT2D eigenvalue weighted by atomic mass is 35.5. The number of amides is 1. The summed E-state index contributed by atoms with van der Waals surface area (Å²) in [5, 5.41) is 1.54. The molecule has 0 aliphatic carbocycles. The van der Waals surface area contributed by atoms with Crippen molar-refractivity contribution in [1.82, 2.24) is 4.72 Å². The average Bonchev–Trinajstić information content (AvgIpc) is 3.10. The smallest absolute Gasteiger partial charge is 0.267 e.